The minimum absolute atomic E-state index is 0.287. The maximum absolute atomic E-state index is 13.2. The fourth-order valence-electron chi connectivity index (χ4n) is 3.52. The molecule has 0 fully saturated rings. The van der Waals surface area contributed by atoms with Gasteiger partial charge in [0.1, 0.15) is 17.6 Å². The number of carbonyl (C=O) groups excluding carboxylic acids is 1. The van der Waals surface area contributed by atoms with Crippen molar-refractivity contribution in [2.75, 3.05) is 0 Å². The van der Waals surface area contributed by atoms with Gasteiger partial charge in [0.15, 0.2) is 0 Å². The molecule has 0 atom stereocenters. The number of nitrogens with zero attached hydrogens (tertiary/aromatic N) is 1. The van der Waals surface area contributed by atoms with Crippen LogP contribution in [0, 0.1) is 30.6 Å². The molecule has 32 heavy (non-hydrogen) atoms. The second kappa shape index (κ2) is 9.53. The van der Waals surface area contributed by atoms with Gasteiger partial charge in [-0.2, -0.15) is 5.26 Å². The molecule has 3 aromatic rings. The summed E-state index contributed by atoms with van der Waals surface area (Å²) in [4.78, 5) is 13.2. The van der Waals surface area contributed by atoms with E-state index in [1.807, 2.05) is 77.1 Å². The first-order chi connectivity index (χ1) is 15.2. The van der Waals surface area contributed by atoms with E-state index >= 15 is 0 Å². The second-order valence-electron chi connectivity index (χ2n) is 8.89. The van der Waals surface area contributed by atoms with Crippen LogP contribution in [0.2, 0.25) is 0 Å². The molecule has 4 nitrogen and oxygen atoms in total. The number of nitrogens with one attached hydrogen (secondary N) is 1. The van der Waals surface area contributed by atoms with Gasteiger partial charge >= 0.3 is 0 Å². The highest BCUT2D eigenvalue weighted by molar-refractivity contribution is 5.97. The topological polar surface area (TPSA) is 62.1 Å². The molecule has 0 heterocycles. The highest BCUT2D eigenvalue weighted by Crippen LogP contribution is 2.32. The maximum atomic E-state index is 13.2. The summed E-state index contributed by atoms with van der Waals surface area (Å²) in [6, 6.07) is 24.8. The number of hydrogen-bond acceptors (Lipinski definition) is 3. The van der Waals surface area contributed by atoms with Gasteiger partial charge in [0.05, 0.1) is 5.57 Å². The summed E-state index contributed by atoms with van der Waals surface area (Å²) in [5.74, 6) is 0.979. The Hall–Kier alpha value is -3.84. The molecule has 162 valence electrons. The molecule has 4 heteroatoms. The van der Waals surface area contributed by atoms with Gasteiger partial charge in [0.2, 0.25) is 0 Å². The van der Waals surface area contributed by atoms with Crippen LogP contribution in [-0.2, 0) is 0 Å². The Morgan fingerprint density at radius 3 is 2.06 bits per heavy atom. The van der Waals surface area contributed by atoms with Crippen molar-refractivity contribution >= 4 is 11.5 Å². The van der Waals surface area contributed by atoms with Crippen LogP contribution in [0.5, 0.6) is 11.5 Å². The zero-order chi connectivity index (χ0) is 23.3. The van der Waals surface area contributed by atoms with Crippen molar-refractivity contribution in [1.82, 2.24) is 5.32 Å². The van der Waals surface area contributed by atoms with Crippen molar-refractivity contribution in [3.8, 4) is 17.6 Å². The zero-order valence-corrected chi connectivity index (χ0v) is 19.2. The Bertz CT molecular complexity index is 1180. The predicted octanol–water partition coefficient (Wildman–Crippen LogP) is 6.81. The van der Waals surface area contributed by atoms with Gasteiger partial charge in [-0.3, -0.25) is 4.79 Å². The molecule has 0 spiro atoms. The van der Waals surface area contributed by atoms with Gasteiger partial charge in [0, 0.05) is 16.7 Å². The van der Waals surface area contributed by atoms with Gasteiger partial charge in [-0.1, -0.05) is 74.4 Å². The Labute approximate surface area is 190 Å². The number of hydrogen-bond donors (Lipinski definition) is 1. The summed E-state index contributed by atoms with van der Waals surface area (Å²) in [6.45, 7) is 9.95. The van der Waals surface area contributed by atoms with Crippen LogP contribution >= 0.6 is 0 Å². The Kier molecular flexibility index (Phi) is 6.80. The van der Waals surface area contributed by atoms with Crippen molar-refractivity contribution in [1.29, 1.82) is 5.26 Å². The highest BCUT2D eigenvalue weighted by atomic mass is 16.5. The normalized spacial score (nSPS) is 11.9. The quantitative estimate of drug-likeness (QED) is 0.458. The van der Waals surface area contributed by atoms with Crippen LogP contribution in [0.15, 0.2) is 78.5 Å². The third-order valence-electron chi connectivity index (χ3n) is 4.94. The Morgan fingerprint density at radius 2 is 1.47 bits per heavy atom. The van der Waals surface area contributed by atoms with Crippen molar-refractivity contribution in [3.63, 3.8) is 0 Å². The van der Waals surface area contributed by atoms with E-state index in [1.165, 1.54) is 0 Å². The average molecular weight is 425 g/mol. The van der Waals surface area contributed by atoms with Crippen LogP contribution in [-0.4, -0.2) is 5.91 Å². The highest BCUT2D eigenvalue weighted by Gasteiger charge is 2.25. The largest absolute Gasteiger partial charge is 0.457 e. The van der Waals surface area contributed by atoms with Gasteiger partial charge in [-0.25, -0.2) is 0 Å². The number of para-hydroxylation sites is 1. The van der Waals surface area contributed by atoms with E-state index in [1.54, 1.807) is 24.3 Å². The molecular formula is C28H28N2O2. The van der Waals surface area contributed by atoms with E-state index in [0.717, 1.165) is 16.7 Å². The predicted molar refractivity (Wildman–Crippen MR) is 128 cm³/mol. The molecule has 0 bridgehead atoms. The van der Waals surface area contributed by atoms with E-state index in [-0.39, 0.29) is 5.91 Å². The lowest BCUT2D eigenvalue weighted by molar-refractivity contribution is 0.0957. The smallest absolute Gasteiger partial charge is 0.255 e. The first-order valence-electron chi connectivity index (χ1n) is 10.6. The summed E-state index contributed by atoms with van der Waals surface area (Å²) in [7, 11) is 0. The lowest BCUT2D eigenvalue weighted by atomic mass is 9.86. The molecule has 3 rings (SSSR count). The van der Waals surface area contributed by atoms with Gasteiger partial charge in [-0.15, -0.1) is 0 Å². The van der Waals surface area contributed by atoms with E-state index in [2.05, 4.69) is 17.5 Å². The Morgan fingerprint density at radius 1 is 0.844 bits per heavy atom. The van der Waals surface area contributed by atoms with Gasteiger partial charge in [0.25, 0.3) is 5.91 Å². The van der Waals surface area contributed by atoms with Crippen LogP contribution < -0.4 is 10.1 Å². The van der Waals surface area contributed by atoms with Crippen molar-refractivity contribution in [2.24, 2.45) is 5.41 Å². The van der Waals surface area contributed by atoms with E-state index < -0.39 is 5.41 Å². The molecule has 0 saturated heterocycles. The van der Waals surface area contributed by atoms with E-state index in [9.17, 15) is 10.1 Å². The zero-order valence-electron chi connectivity index (χ0n) is 19.2. The van der Waals surface area contributed by atoms with Gasteiger partial charge in [-0.05, 0) is 49.7 Å². The van der Waals surface area contributed by atoms with Crippen molar-refractivity contribution < 1.29 is 9.53 Å². The summed E-state index contributed by atoms with van der Waals surface area (Å²) in [6.07, 6.45) is 0. The molecule has 0 aliphatic heterocycles. The number of carbonyl (C=O) groups is 1. The van der Waals surface area contributed by atoms with Gasteiger partial charge < -0.3 is 10.1 Å². The number of nitriles is 1. The Balaban J connectivity index is 1.96. The molecule has 3 aromatic carbocycles. The minimum atomic E-state index is -0.448. The molecule has 0 aliphatic carbocycles. The minimum Gasteiger partial charge on any atom is -0.457 e. The van der Waals surface area contributed by atoms with Crippen LogP contribution in [0.3, 0.4) is 0 Å². The third kappa shape index (κ3) is 5.65. The number of benzene rings is 3. The number of rotatable bonds is 5. The molecule has 0 radical (unpaired) electrons. The molecular weight excluding hydrogens is 396 g/mol. The summed E-state index contributed by atoms with van der Waals surface area (Å²) in [5, 5.41) is 13.0. The van der Waals surface area contributed by atoms with Crippen molar-refractivity contribution in [2.45, 2.75) is 34.6 Å². The average Bonchev–Trinajstić information content (AvgIpc) is 2.73. The van der Waals surface area contributed by atoms with Crippen LogP contribution in [0.1, 0.15) is 47.8 Å². The second-order valence-corrected chi connectivity index (χ2v) is 8.89. The summed E-state index contributed by atoms with van der Waals surface area (Å²) >= 11 is 0. The first-order valence-corrected chi connectivity index (χ1v) is 10.6. The lowest BCUT2D eigenvalue weighted by Gasteiger charge is -2.26. The number of ether oxygens (including phenoxy) is 1. The maximum Gasteiger partial charge on any atom is 0.255 e. The number of amides is 1. The molecule has 0 saturated carbocycles. The first kappa shape index (κ1) is 22.8. The molecule has 0 unspecified atom stereocenters. The van der Waals surface area contributed by atoms with E-state index in [0.29, 0.717) is 28.3 Å². The fraction of sp³-hybridized carbons (Fsp3) is 0.214. The molecule has 1 amide bonds. The summed E-state index contributed by atoms with van der Waals surface area (Å²) in [5.41, 5.74) is 4.00. The molecule has 0 aromatic heterocycles. The monoisotopic (exact) mass is 424 g/mol. The number of allylic oxidation sites excluding steroid dienone is 2. The SMILES string of the molecule is Cc1cc(C)cc(C(C#N)=C(NC(=O)c2cccc(Oc3ccccc3)c2)C(C)(C)C)c1. The fourth-order valence-corrected chi connectivity index (χ4v) is 3.52. The standard InChI is InChI=1S/C28H28N2O2/c1-19-14-20(2)16-22(15-19)25(18-29)26(28(3,4)5)30-27(31)21-10-9-13-24(17-21)32-23-11-7-6-8-12-23/h6-17H,1-5H3,(H,30,31). The van der Waals surface area contributed by atoms with Crippen LogP contribution in [0.4, 0.5) is 0 Å². The number of aryl methyl sites for hydroxylation is 2. The third-order valence-corrected chi connectivity index (χ3v) is 4.94. The van der Waals surface area contributed by atoms with E-state index in [4.69, 9.17) is 4.74 Å². The summed E-state index contributed by atoms with van der Waals surface area (Å²) < 4.78 is 5.86. The van der Waals surface area contributed by atoms with Crippen LogP contribution in [0.25, 0.3) is 5.57 Å². The van der Waals surface area contributed by atoms with Crippen molar-refractivity contribution in [3.05, 3.63) is 101 Å². The lowest BCUT2D eigenvalue weighted by Crippen LogP contribution is -2.31. The molecule has 1 N–H and O–H groups in total. The molecule has 0 aliphatic rings.